The number of thiocarbonyl (C=S) groups is 1. The third kappa shape index (κ3) is 5.23. The number of hydrogen-bond donors (Lipinski definition) is 2. The highest BCUT2D eigenvalue weighted by molar-refractivity contribution is 7.80. The van der Waals surface area contributed by atoms with E-state index in [1.54, 1.807) is 24.4 Å². The Labute approximate surface area is 116 Å². The molecule has 0 aromatic heterocycles. The molecule has 0 aliphatic heterocycles. The zero-order chi connectivity index (χ0) is 14.1. The van der Waals surface area contributed by atoms with Gasteiger partial charge in [0.05, 0.1) is 12.8 Å². The number of rotatable bonds is 6. The first-order chi connectivity index (χ1) is 9.17. The Morgan fingerprint density at radius 3 is 2.95 bits per heavy atom. The summed E-state index contributed by atoms with van der Waals surface area (Å²) in [5.41, 5.74) is 8.49. The molecule has 0 atom stereocenters. The van der Waals surface area contributed by atoms with Crippen LogP contribution in [0.3, 0.4) is 0 Å². The Kier molecular flexibility index (Phi) is 6.12. The zero-order valence-electron chi connectivity index (χ0n) is 10.4. The molecule has 0 fully saturated rings. The minimum absolute atomic E-state index is 0.0312. The summed E-state index contributed by atoms with van der Waals surface area (Å²) in [7, 11) is 0. The SMILES string of the molecule is CCOc1cc(C=NNC(N)=S)ccc1OCC#N. The summed E-state index contributed by atoms with van der Waals surface area (Å²) in [6.45, 7) is 2.33. The Hall–Kier alpha value is -2.33. The molecule has 0 aliphatic rings. The van der Waals surface area contributed by atoms with Gasteiger partial charge >= 0.3 is 0 Å². The van der Waals surface area contributed by atoms with Gasteiger partial charge in [-0.1, -0.05) is 0 Å². The molecule has 0 aliphatic carbocycles. The average molecular weight is 278 g/mol. The summed E-state index contributed by atoms with van der Waals surface area (Å²) in [6.07, 6.45) is 1.55. The normalized spacial score (nSPS) is 9.89. The highest BCUT2D eigenvalue weighted by atomic mass is 32.1. The number of nitrogens with two attached hydrogens (primary N) is 1. The lowest BCUT2D eigenvalue weighted by Gasteiger charge is -2.10. The Balaban J connectivity index is 2.85. The fraction of sp³-hybridized carbons (Fsp3) is 0.250. The van der Waals surface area contributed by atoms with Crippen molar-refractivity contribution in [3.8, 4) is 17.6 Å². The maximum atomic E-state index is 8.50. The molecule has 19 heavy (non-hydrogen) atoms. The summed E-state index contributed by atoms with van der Waals surface area (Å²) < 4.78 is 10.7. The highest BCUT2D eigenvalue weighted by Gasteiger charge is 2.05. The monoisotopic (exact) mass is 278 g/mol. The van der Waals surface area contributed by atoms with Crippen LogP contribution >= 0.6 is 12.2 Å². The summed E-state index contributed by atoms with van der Waals surface area (Å²) >= 11 is 4.62. The Bertz CT molecular complexity index is 511. The van der Waals surface area contributed by atoms with Gasteiger partial charge in [0.1, 0.15) is 6.07 Å². The summed E-state index contributed by atoms with van der Waals surface area (Å²) in [5, 5.41) is 12.4. The van der Waals surface area contributed by atoms with Crippen molar-refractivity contribution in [2.75, 3.05) is 13.2 Å². The van der Waals surface area contributed by atoms with Gasteiger partial charge in [-0.3, -0.25) is 5.43 Å². The van der Waals surface area contributed by atoms with Crippen LogP contribution in [-0.4, -0.2) is 24.5 Å². The molecule has 3 N–H and O–H groups in total. The lowest BCUT2D eigenvalue weighted by atomic mass is 10.2. The number of hydrogen-bond acceptors (Lipinski definition) is 5. The molecule has 0 saturated heterocycles. The third-order valence-electron chi connectivity index (χ3n) is 1.95. The first kappa shape index (κ1) is 14.7. The van der Waals surface area contributed by atoms with Gasteiger partial charge in [-0.15, -0.1) is 0 Å². The largest absolute Gasteiger partial charge is 0.490 e. The van der Waals surface area contributed by atoms with E-state index >= 15 is 0 Å². The predicted molar refractivity (Wildman–Crippen MR) is 76.2 cm³/mol. The lowest BCUT2D eigenvalue weighted by molar-refractivity contribution is 0.298. The van der Waals surface area contributed by atoms with Gasteiger partial charge in [-0.25, -0.2) is 0 Å². The minimum Gasteiger partial charge on any atom is -0.490 e. The summed E-state index contributed by atoms with van der Waals surface area (Å²) in [6, 6.07) is 7.15. The van der Waals surface area contributed by atoms with Gasteiger partial charge in [0.15, 0.2) is 23.2 Å². The van der Waals surface area contributed by atoms with E-state index in [2.05, 4.69) is 22.7 Å². The number of nitrogens with one attached hydrogen (secondary N) is 1. The fourth-order valence-corrected chi connectivity index (χ4v) is 1.33. The first-order valence-corrected chi connectivity index (χ1v) is 5.93. The van der Waals surface area contributed by atoms with Gasteiger partial charge in [0, 0.05) is 0 Å². The molecule has 0 radical (unpaired) electrons. The van der Waals surface area contributed by atoms with E-state index in [0.717, 1.165) is 5.56 Å². The number of hydrazone groups is 1. The van der Waals surface area contributed by atoms with Crippen LogP contribution in [0.2, 0.25) is 0 Å². The van der Waals surface area contributed by atoms with Gasteiger partial charge in [-0.2, -0.15) is 10.4 Å². The van der Waals surface area contributed by atoms with Gasteiger partial charge in [0.25, 0.3) is 0 Å². The maximum absolute atomic E-state index is 8.50. The molecule has 0 heterocycles. The van der Waals surface area contributed by atoms with Crippen molar-refractivity contribution in [1.29, 1.82) is 5.26 Å². The molecule has 0 amide bonds. The van der Waals surface area contributed by atoms with Gasteiger partial charge < -0.3 is 15.2 Å². The van der Waals surface area contributed by atoms with Crippen LogP contribution in [0.1, 0.15) is 12.5 Å². The third-order valence-corrected chi connectivity index (χ3v) is 2.04. The van der Waals surface area contributed by atoms with E-state index in [1.807, 2.05) is 13.0 Å². The van der Waals surface area contributed by atoms with Crippen LogP contribution in [0.4, 0.5) is 0 Å². The van der Waals surface area contributed by atoms with Crippen molar-refractivity contribution in [3.63, 3.8) is 0 Å². The van der Waals surface area contributed by atoms with Gasteiger partial charge in [0.2, 0.25) is 0 Å². The molecule has 0 spiro atoms. The molecule has 6 nitrogen and oxygen atoms in total. The van der Waals surface area contributed by atoms with Crippen LogP contribution in [0.5, 0.6) is 11.5 Å². The molecule has 0 unspecified atom stereocenters. The van der Waals surface area contributed by atoms with Crippen LogP contribution in [0.15, 0.2) is 23.3 Å². The molecule has 0 saturated carbocycles. The predicted octanol–water partition coefficient (Wildman–Crippen LogP) is 1.15. The smallest absolute Gasteiger partial charge is 0.184 e. The molecule has 1 aromatic rings. The number of nitrogens with zero attached hydrogens (tertiary/aromatic N) is 2. The second-order valence-electron chi connectivity index (χ2n) is 3.32. The van der Waals surface area contributed by atoms with E-state index in [1.165, 1.54) is 0 Å². The van der Waals surface area contributed by atoms with Crippen molar-refractivity contribution in [3.05, 3.63) is 23.8 Å². The zero-order valence-corrected chi connectivity index (χ0v) is 11.2. The molecule has 1 rings (SSSR count). The van der Waals surface area contributed by atoms with Crippen molar-refractivity contribution in [2.45, 2.75) is 6.92 Å². The number of ether oxygens (including phenoxy) is 2. The van der Waals surface area contributed by atoms with Crippen molar-refractivity contribution < 1.29 is 9.47 Å². The molecular formula is C12H14N4O2S. The maximum Gasteiger partial charge on any atom is 0.184 e. The van der Waals surface area contributed by atoms with Crippen LogP contribution in [0.25, 0.3) is 0 Å². The molecule has 0 bridgehead atoms. The first-order valence-electron chi connectivity index (χ1n) is 5.52. The number of benzene rings is 1. The lowest BCUT2D eigenvalue weighted by Crippen LogP contribution is -2.23. The number of nitriles is 1. The van der Waals surface area contributed by atoms with Gasteiger partial charge in [-0.05, 0) is 42.9 Å². The van der Waals surface area contributed by atoms with E-state index in [9.17, 15) is 0 Å². The summed E-state index contributed by atoms with van der Waals surface area (Å²) in [4.78, 5) is 0. The van der Waals surface area contributed by atoms with E-state index in [4.69, 9.17) is 20.5 Å². The van der Waals surface area contributed by atoms with Crippen molar-refractivity contribution >= 4 is 23.5 Å². The fourth-order valence-electron chi connectivity index (χ4n) is 1.27. The topological polar surface area (TPSA) is 92.7 Å². The van der Waals surface area contributed by atoms with Crippen LogP contribution < -0.4 is 20.6 Å². The highest BCUT2D eigenvalue weighted by Crippen LogP contribution is 2.27. The standard InChI is InChI=1S/C12H14N4O2S/c1-2-17-11-7-9(8-15-16-12(14)19)3-4-10(11)18-6-5-13/h3-4,7-8H,2,6H2,1H3,(H3,14,16,19). The van der Waals surface area contributed by atoms with Crippen LogP contribution in [-0.2, 0) is 0 Å². The van der Waals surface area contributed by atoms with Crippen LogP contribution in [0, 0.1) is 11.3 Å². The van der Waals surface area contributed by atoms with E-state index in [-0.39, 0.29) is 11.7 Å². The van der Waals surface area contributed by atoms with E-state index in [0.29, 0.717) is 18.1 Å². The van der Waals surface area contributed by atoms with Crippen molar-refractivity contribution in [2.24, 2.45) is 10.8 Å². The van der Waals surface area contributed by atoms with E-state index < -0.39 is 0 Å². The minimum atomic E-state index is -0.0312. The molecule has 1 aromatic carbocycles. The summed E-state index contributed by atoms with van der Waals surface area (Å²) in [5.74, 6) is 1.07. The quantitative estimate of drug-likeness (QED) is 0.461. The Morgan fingerprint density at radius 1 is 1.53 bits per heavy atom. The average Bonchev–Trinajstić information content (AvgIpc) is 2.38. The second kappa shape index (κ2) is 7.89. The van der Waals surface area contributed by atoms with Crippen molar-refractivity contribution in [1.82, 2.24) is 5.43 Å². The molecule has 7 heteroatoms. The Morgan fingerprint density at radius 2 is 2.32 bits per heavy atom. The molecule has 100 valence electrons. The second-order valence-corrected chi connectivity index (χ2v) is 3.76. The molecular weight excluding hydrogens is 264 g/mol.